The van der Waals surface area contributed by atoms with Crippen LogP contribution in [0.2, 0.25) is 0 Å². The van der Waals surface area contributed by atoms with Crippen LogP contribution in [0.15, 0.2) is 28.8 Å². The first-order chi connectivity index (χ1) is 12.9. The number of carboxylic acid groups (broad SMARTS) is 1. The van der Waals surface area contributed by atoms with E-state index in [0.29, 0.717) is 18.5 Å². The summed E-state index contributed by atoms with van der Waals surface area (Å²) in [4.78, 5) is 51.7. The number of aliphatic carboxylic acids is 1. The Kier molecular flexibility index (Phi) is 5.85. The Bertz CT molecular complexity index is 870. The van der Waals surface area contributed by atoms with Crippen LogP contribution < -0.4 is 5.73 Å². The van der Waals surface area contributed by atoms with Crippen molar-refractivity contribution < 1.29 is 29.0 Å². The predicted octanol–water partition coefficient (Wildman–Crippen LogP) is -0.482. The number of rotatable bonds is 5. The van der Waals surface area contributed by atoms with Crippen LogP contribution in [0.1, 0.15) is 11.3 Å². The Labute approximate surface area is 186 Å². The Hall–Kier alpha value is -1.88. The van der Waals surface area contributed by atoms with Crippen LogP contribution in [-0.2, 0) is 25.5 Å². The number of β-lactam (4-membered cyclic amide) rings is 1. The zero-order valence-corrected chi connectivity index (χ0v) is 15.0. The van der Waals surface area contributed by atoms with E-state index >= 15 is 0 Å². The van der Waals surface area contributed by atoms with Gasteiger partial charge < -0.3 is 20.5 Å². The molecule has 0 unspecified atom stereocenters. The quantitative estimate of drug-likeness (QED) is 0.493. The number of carbonyl (C=O) groups is 4. The number of carboxylic acids is 1. The number of carbonyl (C=O) groups excluding carboxylic acids is 3. The van der Waals surface area contributed by atoms with Crippen molar-refractivity contribution in [3.05, 3.63) is 33.7 Å². The van der Waals surface area contributed by atoms with E-state index < -0.39 is 24.0 Å². The topological polar surface area (TPSA) is 130 Å². The molecule has 0 aliphatic carbocycles. The number of primary amides is 1. The molecular formula is C17H18N3NaO6S. The molecule has 3 aliphatic rings. The van der Waals surface area contributed by atoms with Crippen LogP contribution in [-0.4, -0.2) is 93.6 Å². The maximum absolute atomic E-state index is 12.7. The van der Waals surface area contributed by atoms with Crippen molar-refractivity contribution in [1.82, 2.24) is 9.80 Å². The number of amides is 3. The minimum atomic E-state index is -1.26. The molecule has 1 aromatic rings. The molecule has 28 heavy (non-hydrogen) atoms. The first-order valence-electron chi connectivity index (χ1n) is 8.41. The Morgan fingerprint density at radius 3 is 2.71 bits per heavy atom. The fourth-order valence-corrected chi connectivity index (χ4v) is 4.94. The van der Waals surface area contributed by atoms with E-state index in [2.05, 4.69) is 0 Å². The van der Waals surface area contributed by atoms with Crippen molar-refractivity contribution in [1.29, 1.82) is 0 Å². The van der Waals surface area contributed by atoms with Gasteiger partial charge in [0, 0.05) is 17.3 Å². The first-order valence-corrected chi connectivity index (χ1v) is 9.29. The zero-order valence-electron chi connectivity index (χ0n) is 14.2. The van der Waals surface area contributed by atoms with Gasteiger partial charge in [0.05, 0.1) is 12.5 Å². The number of likely N-dealkylation sites (tertiary alicyclic amines) is 1. The van der Waals surface area contributed by atoms with Gasteiger partial charge in [-0.2, -0.15) is 0 Å². The van der Waals surface area contributed by atoms with E-state index in [9.17, 15) is 24.3 Å². The molecule has 2 saturated heterocycles. The molecule has 3 atom stereocenters. The minimum absolute atomic E-state index is 0. The fraction of sp³-hybridized carbons (Fsp3) is 0.412. The van der Waals surface area contributed by atoms with Crippen molar-refractivity contribution in [2.75, 3.05) is 13.2 Å². The Morgan fingerprint density at radius 2 is 2.11 bits per heavy atom. The van der Waals surface area contributed by atoms with E-state index in [-0.39, 0.29) is 66.1 Å². The van der Waals surface area contributed by atoms with E-state index in [1.807, 2.05) is 17.5 Å². The van der Waals surface area contributed by atoms with Gasteiger partial charge in [0.1, 0.15) is 18.3 Å². The fourth-order valence-electron chi connectivity index (χ4n) is 4.24. The number of thiophene rings is 1. The molecule has 2 fully saturated rings. The molecule has 3 N–H and O–H groups in total. The molecule has 9 nitrogen and oxygen atoms in total. The van der Waals surface area contributed by atoms with Gasteiger partial charge in [0.25, 0.3) is 5.91 Å². The van der Waals surface area contributed by atoms with Gasteiger partial charge in [-0.1, -0.05) is 6.07 Å². The standard InChI is InChI=1S/C17H17N3O6S.Na.H/c18-17(25)26-7-9-4-8-6-19(11(21)5-10-2-1-3-27-10)14-12(8)20(15(14)22)13(9)16(23)24;;/h1-3,8,12,14H,4-7H2,(H2,18,25)(H,23,24);;/t8-,12-,14+;;/m1../s1. The van der Waals surface area contributed by atoms with Crippen molar-refractivity contribution in [2.24, 2.45) is 11.7 Å². The molecule has 0 aromatic carbocycles. The average molecular weight is 415 g/mol. The molecule has 4 heterocycles. The second kappa shape index (κ2) is 7.86. The summed E-state index contributed by atoms with van der Waals surface area (Å²) in [5.74, 6) is -1.89. The molecule has 0 spiro atoms. The molecule has 144 valence electrons. The normalized spacial score (nSPS) is 25.0. The van der Waals surface area contributed by atoms with Crippen LogP contribution in [0, 0.1) is 5.92 Å². The number of ether oxygens (including phenoxy) is 1. The van der Waals surface area contributed by atoms with Gasteiger partial charge >= 0.3 is 41.6 Å². The van der Waals surface area contributed by atoms with Crippen LogP contribution in [0.5, 0.6) is 0 Å². The molecule has 4 rings (SSSR count). The monoisotopic (exact) mass is 415 g/mol. The molecule has 3 aliphatic heterocycles. The van der Waals surface area contributed by atoms with Gasteiger partial charge in [-0.15, -0.1) is 11.3 Å². The average Bonchev–Trinajstić information content (AvgIpc) is 3.23. The summed E-state index contributed by atoms with van der Waals surface area (Å²) >= 11 is 1.48. The van der Waals surface area contributed by atoms with Crippen LogP contribution in [0.25, 0.3) is 0 Å². The predicted molar refractivity (Wildman–Crippen MR) is 99.6 cm³/mol. The molecule has 0 radical (unpaired) electrons. The summed E-state index contributed by atoms with van der Waals surface area (Å²) in [5, 5.41) is 11.4. The van der Waals surface area contributed by atoms with Gasteiger partial charge in [0.2, 0.25) is 5.91 Å². The van der Waals surface area contributed by atoms with E-state index in [4.69, 9.17) is 10.5 Å². The van der Waals surface area contributed by atoms with E-state index in [1.54, 1.807) is 4.90 Å². The molecule has 1 aromatic heterocycles. The second-order valence-electron chi connectivity index (χ2n) is 6.78. The van der Waals surface area contributed by atoms with Gasteiger partial charge in [-0.3, -0.25) is 14.5 Å². The third-order valence-corrected chi connectivity index (χ3v) is 6.14. The third kappa shape index (κ3) is 3.34. The summed E-state index contributed by atoms with van der Waals surface area (Å²) in [6, 6.07) is 2.77. The second-order valence-corrected chi connectivity index (χ2v) is 7.81. The zero-order chi connectivity index (χ0) is 19.3. The molecule has 3 amide bonds. The summed E-state index contributed by atoms with van der Waals surface area (Å²) < 4.78 is 4.76. The van der Waals surface area contributed by atoms with Crippen molar-refractivity contribution >= 4 is 64.8 Å². The number of hydrogen-bond acceptors (Lipinski definition) is 6. The van der Waals surface area contributed by atoms with Crippen LogP contribution >= 0.6 is 11.3 Å². The van der Waals surface area contributed by atoms with Crippen molar-refractivity contribution in [3.63, 3.8) is 0 Å². The summed E-state index contributed by atoms with van der Waals surface area (Å²) in [7, 11) is 0. The summed E-state index contributed by atoms with van der Waals surface area (Å²) in [5.41, 5.74) is 5.15. The Morgan fingerprint density at radius 1 is 1.36 bits per heavy atom. The molecule has 0 bridgehead atoms. The van der Waals surface area contributed by atoms with Crippen LogP contribution in [0.3, 0.4) is 0 Å². The van der Waals surface area contributed by atoms with Gasteiger partial charge in [0.15, 0.2) is 0 Å². The Balaban J connectivity index is 0.00000225. The number of nitrogens with zero attached hydrogens (tertiary/aromatic N) is 2. The number of nitrogens with two attached hydrogens (primary N) is 1. The maximum atomic E-state index is 12.7. The summed E-state index contributed by atoms with van der Waals surface area (Å²) in [6.45, 7) is 0.0898. The number of hydrogen-bond donors (Lipinski definition) is 2. The van der Waals surface area contributed by atoms with Gasteiger partial charge in [-0.25, -0.2) is 9.59 Å². The molecular weight excluding hydrogens is 397 g/mol. The van der Waals surface area contributed by atoms with Crippen molar-refractivity contribution in [3.8, 4) is 0 Å². The van der Waals surface area contributed by atoms with Gasteiger partial charge in [-0.05, 0) is 23.4 Å². The molecule has 0 saturated carbocycles. The van der Waals surface area contributed by atoms with E-state index in [0.717, 1.165) is 4.88 Å². The van der Waals surface area contributed by atoms with Crippen LogP contribution in [0.4, 0.5) is 4.79 Å². The van der Waals surface area contributed by atoms with E-state index in [1.165, 1.54) is 16.2 Å². The molecule has 11 heteroatoms. The summed E-state index contributed by atoms with van der Waals surface area (Å²) in [6.07, 6.45) is -0.457. The third-order valence-electron chi connectivity index (χ3n) is 5.26. The van der Waals surface area contributed by atoms with Crippen molar-refractivity contribution in [2.45, 2.75) is 24.9 Å². The SMILES string of the molecule is NC(=O)OCC1=C(C(=O)O)N2C(=O)[C@@H]3[C@H]2[C@H](C1)CN3C(=O)Cc1cccs1.[NaH]. The first kappa shape index (κ1) is 20.8.